The van der Waals surface area contributed by atoms with E-state index in [-0.39, 0.29) is 5.91 Å². The third-order valence-corrected chi connectivity index (χ3v) is 3.65. The standard InChI is InChI=1S/C14H22N4O/c1-10-4-3-6-18(7-5-10)14(19)12-8-11(2)16-13(9-12)17-15/h8-10H,3-7,15H2,1-2H3,(H,16,17). The van der Waals surface area contributed by atoms with Crippen molar-refractivity contribution in [2.24, 2.45) is 11.8 Å². The predicted octanol–water partition coefficient (Wildman–Crippen LogP) is 1.94. The number of nitrogens with zero attached hydrogens (tertiary/aromatic N) is 2. The van der Waals surface area contributed by atoms with Crippen molar-refractivity contribution in [1.82, 2.24) is 9.88 Å². The summed E-state index contributed by atoms with van der Waals surface area (Å²) in [5.74, 6) is 6.69. The summed E-state index contributed by atoms with van der Waals surface area (Å²) in [4.78, 5) is 18.7. The number of nitrogen functional groups attached to an aromatic ring is 1. The van der Waals surface area contributed by atoms with Crippen molar-refractivity contribution in [3.8, 4) is 0 Å². The van der Waals surface area contributed by atoms with Gasteiger partial charge in [-0.15, -0.1) is 0 Å². The van der Waals surface area contributed by atoms with Crippen molar-refractivity contribution in [2.45, 2.75) is 33.1 Å². The first-order valence-corrected chi connectivity index (χ1v) is 6.84. The largest absolute Gasteiger partial charge is 0.339 e. The number of nitrogens with one attached hydrogen (secondary N) is 1. The molecular weight excluding hydrogens is 240 g/mol. The van der Waals surface area contributed by atoms with E-state index in [1.54, 1.807) is 6.07 Å². The highest BCUT2D eigenvalue weighted by Crippen LogP contribution is 2.19. The minimum absolute atomic E-state index is 0.0797. The molecule has 0 aromatic carbocycles. The van der Waals surface area contributed by atoms with E-state index in [1.807, 2.05) is 17.9 Å². The first kappa shape index (κ1) is 13.8. The molecule has 1 aliphatic heterocycles. The maximum atomic E-state index is 12.5. The smallest absolute Gasteiger partial charge is 0.254 e. The Hall–Kier alpha value is -1.62. The van der Waals surface area contributed by atoms with Gasteiger partial charge in [0.2, 0.25) is 0 Å². The topological polar surface area (TPSA) is 71.2 Å². The average molecular weight is 262 g/mol. The van der Waals surface area contributed by atoms with Crippen molar-refractivity contribution in [3.05, 3.63) is 23.4 Å². The molecule has 1 fully saturated rings. The normalized spacial score (nSPS) is 19.9. The van der Waals surface area contributed by atoms with Crippen LogP contribution in [0.15, 0.2) is 12.1 Å². The van der Waals surface area contributed by atoms with Crippen molar-refractivity contribution >= 4 is 11.7 Å². The molecule has 1 amide bonds. The zero-order chi connectivity index (χ0) is 13.8. The van der Waals surface area contributed by atoms with E-state index in [2.05, 4.69) is 17.3 Å². The molecule has 0 saturated carbocycles. The van der Waals surface area contributed by atoms with Gasteiger partial charge >= 0.3 is 0 Å². The SMILES string of the molecule is Cc1cc(C(=O)N2CCCC(C)CC2)cc(NN)n1. The lowest BCUT2D eigenvalue weighted by Crippen LogP contribution is -2.32. The molecule has 1 atom stereocenters. The number of hydrogen-bond donors (Lipinski definition) is 2. The van der Waals surface area contributed by atoms with Gasteiger partial charge in [0.15, 0.2) is 0 Å². The zero-order valence-corrected chi connectivity index (χ0v) is 11.6. The number of aromatic nitrogens is 1. The first-order valence-electron chi connectivity index (χ1n) is 6.84. The van der Waals surface area contributed by atoms with Gasteiger partial charge in [-0.3, -0.25) is 4.79 Å². The van der Waals surface area contributed by atoms with Crippen LogP contribution in [-0.4, -0.2) is 28.9 Å². The first-order chi connectivity index (χ1) is 9.10. The Labute approximate surface area is 114 Å². The molecule has 2 rings (SSSR count). The second-order valence-electron chi connectivity index (χ2n) is 5.36. The third-order valence-electron chi connectivity index (χ3n) is 3.65. The van der Waals surface area contributed by atoms with Crippen molar-refractivity contribution in [1.29, 1.82) is 0 Å². The number of carbonyl (C=O) groups excluding carboxylic acids is 1. The number of pyridine rings is 1. The van der Waals surface area contributed by atoms with Gasteiger partial charge in [0.05, 0.1) is 0 Å². The third kappa shape index (κ3) is 3.44. The second-order valence-corrected chi connectivity index (χ2v) is 5.36. The molecule has 1 saturated heterocycles. The molecule has 2 heterocycles. The van der Waals surface area contributed by atoms with Crippen LogP contribution in [0.25, 0.3) is 0 Å². The summed E-state index contributed by atoms with van der Waals surface area (Å²) >= 11 is 0. The molecule has 1 aromatic heterocycles. The number of hydrogen-bond acceptors (Lipinski definition) is 4. The number of anilines is 1. The van der Waals surface area contributed by atoms with E-state index < -0.39 is 0 Å². The van der Waals surface area contributed by atoms with Crippen LogP contribution in [0, 0.1) is 12.8 Å². The fourth-order valence-electron chi connectivity index (χ4n) is 2.51. The van der Waals surface area contributed by atoms with E-state index in [4.69, 9.17) is 5.84 Å². The Morgan fingerprint density at radius 1 is 1.42 bits per heavy atom. The molecule has 3 N–H and O–H groups in total. The van der Waals surface area contributed by atoms with Gasteiger partial charge in [-0.05, 0) is 44.2 Å². The van der Waals surface area contributed by atoms with Crippen molar-refractivity contribution in [3.63, 3.8) is 0 Å². The minimum atomic E-state index is 0.0797. The van der Waals surface area contributed by atoms with E-state index in [0.717, 1.165) is 31.6 Å². The van der Waals surface area contributed by atoms with Gasteiger partial charge in [-0.1, -0.05) is 6.92 Å². The summed E-state index contributed by atoms with van der Waals surface area (Å²) in [5.41, 5.74) is 3.96. The summed E-state index contributed by atoms with van der Waals surface area (Å²) in [5, 5.41) is 0. The summed E-state index contributed by atoms with van der Waals surface area (Å²) in [6, 6.07) is 3.53. The number of likely N-dealkylation sites (tertiary alicyclic amines) is 1. The highest BCUT2D eigenvalue weighted by atomic mass is 16.2. The molecule has 104 valence electrons. The number of carbonyl (C=O) groups is 1. The van der Waals surface area contributed by atoms with Gasteiger partial charge in [0, 0.05) is 24.3 Å². The van der Waals surface area contributed by atoms with Crippen LogP contribution in [0.3, 0.4) is 0 Å². The molecule has 5 nitrogen and oxygen atoms in total. The van der Waals surface area contributed by atoms with Gasteiger partial charge in [-0.25, -0.2) is 10.8 Å². The Kier molecular flexibility index (Phi) is 4.37. The maximum Gasteiger partial charge on any atom is 0.254 e. The quantitative estimate of drug-likeness (QED) is 0.631. The lowest BCUT2D eigenvalue weighted by Gasteiger charge is -2.21. The van der Waals surface area contributed by atoms with Crippen molar-refractivity contribution < 1.29 is 4.79 Å². The van der Waals surface area contributed by atoms with Crippen LogP contribution in [0.1, 0.15) is 42.2 Å². The molecule has 0 spiro atoms. The Morgan fingerprint density at radius 2 is 2.21 bits per heavy atom. The van der Waals surface area contributed by atoms with Crippen LogP contribution in [0.4, 0.5) is 5.82 Å². The van der Waals surface area contributed by atoms with Gasteiger partial charge in [0.25, 0.3) is 5.91 Å². The Bertz CT molecular complexity index is 461. The number of aryl methyl sites for hydroxylation is 1. The van der Waals surface area contributed by atoms with E-state index in [1.165, 1.54) is 6.42 Å². The van der Waals surface area contributed by atoms with Crippen LogP contribution < -0.4 is 11.3 Å². The molecule has 19 heavy (non-hydrogen) atoms. The molecule has 0 radical (unpaired) electrons. The van der Waals surface area contributed by atoms with E-state index in [9.17, 15) is 4.79 Å². The highest BCUT2D eigenvalue weighted by Gasteiger charge is 2.20. The molecule has 1 aliphatic rings. The zero-order valence-electron chi connectivity index (χ0n) is 11.6. The fourth-order valence-corrected chi connectivity index (χ4v) is 2.51. The molecule has 0 aliphatic carbocycles. The van der Waals surface area contributed by atoms with Crippen LogP contribution >= 0.6 is 0 Å². The van der Waals surface area contributed by atoms with Gasteiger partial charge < -0.3 is 10.3 Å². The number of rotatable bonds is 2. The van der Waals surface area contributed by atoms with Gasteiger partial charge in [-0.2, -0.15) is 0 Å². The number of hydrazine groups is 1. The summed E-state index contributed by atoms with van der Waals surface area (Å²) in [7, 11) is 0. The minimum Gasteiger partial charge on any atom is -0.339 e. The van der Waals surface area contributed by atoms with Gasteiger partial charge in [0.1, 0.15) is 5.82 Å². The molecule has 1 unspecified atom stereocenters. The second kappa shape index (κ2) is 6.02. The fraction of sp³-hybridized carbons (Fsp3) is 0.571. The van der Waals surface area contributed by atoms with Crippen molar-refractivity contribution in [2.75, 3.05) is 18.5 Å². The van der Waals surface area contributed by atoms with Crippen LogP contribution in [0.2, 0.25) is 0 Å². The Balaban J connectivity index is 2.16. The molecule has 1 aromatic rings. The van der Waals surface area contributed by atoms with Crippen LogP contribution in [-0.2, 0) is 0 Å². The van der Waals surface area contributed by atoms with E-state index in [0.29, 0.717) is 17.3 Å². The van der Waals surface area contributed by atoms with E-state index >= 15 is 0 Å². The number of nitrogens with two attached hydrogens (primary N) is 1. The average Bonchev–Trinajstić information content (AvgIpc) is 2.62. The summed E-state index contributed by atoms with van der Waals surface area (Å²) in [6.07, 6.45) is 3.37. The summed E-state index contributed by atoms with van der Waals surface area (Å²) in [6.45, 7) is 5.80. The maximum absolute atomic E-state index is 12.5. The molecular formula is C14H22N4O. The van der Waals surface area contributed by atoms with Crippen LogP contribution in [0.5, 0.6) is 0 Å². The highest BCUT2D eigenvalue weighted by molar-refractivity contribution is 5.95. The summed E-state index contributed by atoms with van der Waals surface area (Å²) < 4.78 is 0. The number of amides is 1. The molecule has 5 heteroatoms. The lowest BCUT2D eigenvalue weighted by atomic mass is 10.0. The molecule has 0 bridgehead atoms. The monoisotopic (exact) mass is 262 g/mol. The predicted molar refractivity (Wildman–Crippen MR) is 75.7 cm³/mol. The Morgan fingerprint density at radius 3 is 2.95 bits per heavy atom. The lowest BCUT2D eigenvalue weighted by molar-refractivity contribution is 0.0760.